The zero-order valence-electron chi connectivity index (χ0n) is 7.26. The van der Waals surface area contributed by atoms with Crippen LogP contribution in [-0.4, -0.2) is 16.2 Å². The van der Waals surface area contributed by atoms with Gasteiger partial charge in [0.25, 0.3) is 0 Å². The van der Waals surface area contributed by atoms with Crippen LogP contribution in [0.2, 0.25) is 5.02 Å². The summed E-state index contributed by atoms with van der Waals surface area (Å²) in [5.41, 5.74) is 0.935. The lowest BCUT2D eigenvalue weighted by molar-refractivity contribution is 0.0695. The van der Waals surface area contributed by atoms with Gasteiger partial charge < -0.3 is 10.2 Å². The number of hydrogen-bond acceptors (Lipinski definition) is 2. The number of phenols is 1. The molecule has 0 unspecified atom stereocenters. The number of phenolic OH excluding ortho intramolecular Hbond substituents is 1. The second-order valence-electron chi connectivity index (χ2n) is 2.83. The number of carboxylic acids is 1. The minimum Gasteiger partial charge on any atom is -0.506 e. The Morgan fingerprint density at radius 1 is 1.46 bits per heavy atom. The fraction of sp³-hybridized carbons (Fsp3) is 0.222. The van der Waals surface area contributed by atoms with Gasteiger partial charge in [0.1, 0.15) is 5.75 Å². The number of aryl methyl sites for hydroxylation is 1. The van der Waals surface area contributed by atoms with E-state index in [1.807, 2.05) is 0 Å². The Balaban J connectivity index is 3.50. The Labute approximate surface area is 80.6 Å². The van der Waals surface area contributed by atoms with Crippen molar-refractivity contribution in [2.75, 3.05) is 0 Å². The third-order valence-corrected chi connectivity index (χ3v) is 2.38. The van der Waals surface area contributed by atoms with Crippen LogP contribution in [0.4, 0.5) is 0 Å². The van der Waals surface area contributed by atoms with Crippen LogP contribution in [0.25, 0.3) is 0 Å². The van der Waals surface area contributed by atoms with E-state index >= 15 is 0 Å². The summed E-state index contributed by atoms with van der Waals surface area (Å²) in [6.45, 7) is 3.16. The molecule has 0 amide bonds. The largest absolute Gasteiger partial charge is 0.506 e. The van der Waals surface area contributed by atoms with Crippen molar-refractivity contribution in [3.63, 3.8) is 0 Å². The zero-order chi connectivity index (χ0) is 10.2. The van der Waals surface area contributed by atoms with Crippen molar-refractivity contribution in [1.82, 2.24) is 0 Å². The first-order valence-electron chi connectivity index (χ1n) is 3.67. The molecule has 13 heavy (non-hydrogen) atoms. The summed E-state index contributed by atoms with van der Waals surface area (Å²) in [6.07, 6.45) is 0. The van der Waals surface area contributed by atoms with Gasteiger partial charge in [-0.2, -0.15) is 0 Å². The summed E-state index contributed by atoms with van der Waals surface area (Å²) in [6, 6.07) is 1.44. The van der Waals surface area contributed by atoms with Crippen molar-refractivity contribution in [2.45, 2.75) is 13.8 Å². The van der Waals surface area contributed by atoms with Crippen molar-refractivity contribution >= 4 is 17.6 Å². The maximum atomic E-state index is 10.7. The van der Waals surface area contributed by atoms with Gasteiger partial charge in [-0.25, -0.2) is 4.79 Å². The van der Waals surface area contributed by atoms with Crippen molar-refractivity contribution in [3.05, 3.63) is 27.8 Å². The highest BCUT2D eigenvalue weighted by Crippen LogP contribution is 2.32. The molecule has 70 valence electrons. The molecule has 1 aromatic rings. The van der Waals surface area contributed by atoms with Gasteiger partial charge in [-0.15, -0.1) is 0 Å². The lowest BCUT2D eigenvalue weighted by Crippen LogP contribution is -2.00. The minimum atomic E-state index is -1.06. The molecule has 0 radical (unpaired) electrons. The standard InChI is InChI=1S/C9H9ClO3/c1-4-3-6(9(12)13)5(2)8(11)7(4)10/h3,11H,1-2H3,(H,12,13). The molecule has 0 atom stereocenters. The maximum Gasteiger partial charge on any atom is 0.336 e. The Morgan fingerprint density at radius 2 is 2.00 bits per heavy atom. The highest BCUT2D eigenvalue weighted by atomic mass is 35.5. The zero-order valence-corrected chi connectivity index (χ0v) is 8.01. The van der Waals surface area contributed by atoms with E-state index in [0.29, 0.717) is 11.1 Å². The number of aromatic hydroxyl groups is 1. The molecule has 0 bridgehead atoms. The van der Waals surface area contributed by atoms with E-state index in [4.69, 9.17) is 16.7 Å². The van der Waals surface area contributed by atoms with E-state index in [2.05, 4.69) is 0 Å². The van der Waals surface area contributed by atoms with E-state index in [-0.39, 0.29) is 16.3 Å². The smallest absolute Gasteiger partial charge is 0.336 e. The van der Waals surface area contributed by atoms with E-state index in [1.165, 1.54) is 13.0 Å². The molecule has 2 N–H and O–H groups in total. The maximum absolute atomic E-state index is 10.7. The van der Waals surface area contributed by atoms with Gasteiger partial charge >= 0.3 is 5.97 Å². The summed E-state index contributed by atoms with van der Waals surface area (Å²) in [7, 11) is 0. The van der Waals surface area contributed by atoms with Gasteiger partial charge in [0, 0.05) is 5.56 Å². The van der Waals surface area contributed by atoms with Gasteiger partial charge in [-0.3, -0.25) is 0 Å². The quantitative estimate of drug-likeness (QED) is 0.732. The third kappa shape index (κ3) is 1.60. The van der Waals surface area contributed by atoms with Crippen LogP contribution in [0.1, 0.15) is 21.5 Å². The average molecular weight is 201 g/mol. The fourth-order valence-electron chi connectivity index (χ4n) is 1.09. The second-order valence-corrected chi connectivity index (χ2v) is 3.21. The number of hydrogen-bond donors (Lipinski definition) is 2. The summed E-state index contributed by atoms with van der Waals surface area (Å²) in [5.74, 6) is -1.22. The SMILES string of the molecule is Cc1cc(C(=O)O)c(C)c(O)c1Cl. The van der Waals surface area contributed by atoms with Gasteiger partial charge in [0.05, 0.1) is 10.6 Å². The first kappa shape index (κ1) is 9.86. The van der Waals surface area contributed by atoms with Crippen molar-refractivity contribution in [2.24, 2.45) is 0 Å². The molecule has 4 heteroatoms. The van der Waals surface area contributed by atoms with Gasteiger partial charge in [-0.1, -0.05) is 11.6 Å². The molecule has 0 aliphatic heterocycles. The molecule has 0 aliphatic carbocycles. The lowest BCUT2D eigenvalue weighted by Gasteiger charge is -2.07. The number of carbonyl (C=O) groups is 1. The summed E-state index contributed by atoms with van der Waals surface area (Å²) < 4.78 is 0. The molecule has 0 saturated carbocycles. The van der Waals surface area contributed by atoms with Crippen molar-refractivity contribution in [1.29, 1.82) is 0 Å². The van der Waals surface area contributed by atoms with E-state index in [0.717, 1.165) is 0 Å². The van der Waals surface area contributed by atoms with E-state index < -0.39 is 5.97 Å². The van der Waals surface area contributed by atoms with E-state index in [9.17, 15) is 9.90 Å². The van der Waals surface area contributed by atoms with Crippen LogP contribution in [0.5, 0.6) is 5.75 Å². The average Bonchev–Trinajstić information content (AvgIpc) is 2.07. The van der Waals surface area contributed by atoms with Crippen molar-refractivity contribution < 1.29 is 15.0 Å². The predicted molar refractivity (Wildman–Crippen MR) is 49.6 cm³/mol. The van der Waals surface area contributed by atoms with E-state index in [1.54, 1.807) is 6.92 Å². The molecule has 0 saturated heterocycles. The topological polar surface area (TPSA) is 57.5 Å². The molecule has 0 spiro atoms. The van der Waals surface area contributed by atoms with Crippen LogP contribution in [-0.2, 0) is 0 Å². The summed E-state index contributed by atoms with van der Waals surface area (Å²) in [4.78, 5) is 10.7. The summed E-state index contributed by atoms with van der Waals surface area (Å²) >= 11 is 5.72. The van der Waals surface area contributed by atoms with Crippen molar-refractivity contribution in [3.8, 4) is 5.75 Å². The lowest BCUT2D eigenvalue weighted by atomic mass is 10.0. The van der Waals surface area contributed by atoms with Gasteiger partial charge in [0.15, 0.2) is 0 Å². The molecule has 0 aliphatic rings. The molecule has 0 heterocycles. The Hall–Kier alpha value is -1.22. The highest BCUT2D eigenvalue weighted by Gasteiger charge is 2.14. The van der Waals surface area contributed by atoms with Crippen LogP contribution < -0.4 is 0 Å². The highest BCUT2D eigenvalue weighted by molar-refractivity contribution is 6.33. The van der Waals surface area contributed by atoms with Crippen LogP contribution in [0.3, 0.4) is 0 Å². The number of halogens is 1. The molecule has 0 aromatic heterocycles. The van der Waals surface area contributed by atoms with Gasteiger partial charge in [-0.05, 0) is 25.5 Å². The molecule has 3 nitrogen and oxygen atoms in total. The molecule has 1 aromatic carbocycles. The number of benzene rings is 1. The van der Waals surface area contributed by atoms with Crippen LogP contribution in [0.15, 0.2) is 6.07 Å². The Bertz CT molecular complexity index is 372. The van der Waals surface area contributed by atoms with Crippen LogP contribution >= 0.6 is 11.6 Å². The Morgan fingerprint density at radius 3 is 2.46 bits per heavy atom. The molecular weight excluding hydrogens is 192 g/mol. The Kier molecular flexibility index (Phi) is 2.48. The second kappa shape index (κ2) is 3.26. The molecule has 1 rings (SSSR count). The first-order valence-corrected chi connectivity index (χ1v) is 4.05. The van der Waals surface area contributed by atoms with Crippen LogP contribution in [0, 0.1) is 13.8 Å². The third-order valence-electron chi connectivity index (χ3n) is 1.90. The number of carboxylic acid groups (broad SMARTS) is 1. The first-order chi connectivity index (χ1) is 5.95. The summed E-state index contributed by atoms with van der Waals surface area (Å²) in [5, 5.41) is 18.4. The predicted octanol–water partition coefficient (Wildman–Crippen LogP) is 2.36. The molecular formula is C9H9ClO3. The monoisotopic (exact) mass is 200 g/mol. The number of aromatic carboxylic acids is 1. The fourth-order valence-corrected chi connectivity index (χ4v) is 1.29. The normalized spacial score (nSPS) is 10.1. The minimum absolute atomic E-state index is 0.0828. The number of rotatable bonds is 1. The molecule has 0 fully saturated rings. The van der Waals surface area contributed by atoms with Gasteiger partial charge in [0.2, 0.25) is 0 Å².